The number of nitrogens with zero attached hydrogens (tertiary/aromatic N) is 1. The van der Waals surface area contributed by atoms with Crippen molar-refractivity contribution in [3.63, 3.8) is 0 Å². The van der Waals surface area contributed by atoms with Gasteiger partial charge in [0.15, 0.2) is 0 Å². The summed E-state index contributed by atoms with van der Waals surface area (Å²) in [5.74, 6) is -1.10. The van der Waals surface area contributed by atoms with Crippen LogP contribution >= 0.6 is 0 Å². The molecular formula is C11H11FN2O2. The second-order valence-corrected chi connectivity index (χ2v) is 3.25. The van der Waals surface area contributed by atoms with Crippen LogP contribution in [0.1, 0.15) is 11.1 Å². The minimum absolute atomic E-state index is 0.00796. The molecule has 0 radical (unpaired) electrons. The fourth-order valence-corrected chi connectivity index (χ4v) is 1.27. The van der Waals surface area contributed by atoms with Gasteiger partial charge in [-0.15, -0.1) is 0 Å². The first kappa shape index (κ1) is 12.1. The van der Waals surface area contributed by atoms with E-state index in [0.29, 0.717) is 5.56 Å². The first-order chi connectivity index (χ1) is 7.58. The van der Waals surface area contributed by atoms with Crippen molar-refractivity contribution in [1.29, 1.82) is 5.26 Å². The SMILES string of the molecule is COC(=O)[C@H](N)Cc1cc(C#N)ccc1F. The summed E-state index contributed by atoms with van der Waals surface area (Å²) >= 11 is 0. The first-order valence-corrected chi connectivity index (χ1v) is 4.60. The Morgan fingerprint density at radius 1 is 1.69 bits per heavy atom. The number of halogens is 1. The summed E-state index contributed by atoms with van der Waals surface area (Å²) < 4.78 is 17.7. The average molecular weight is 222 g/mol. The van der Waals surface area contributed by atoms with E-state index in [1.807, 2.05) is 6.07 Å². The lowest BCUT2D eigenvalue weighted by Gasteiger charge is -2.09. The zero-order valence-corrected chi connectivity index (χ0v) is 8.74. The molecule has 0 amide bonds. The highest BCUT2D eigenvalue weighted by Crippen LogP contribution is 2.12. The lowest BCUT2D eigenvalue weighted by molar-refractivity contribution is -0.142. The highest BCUT2D eigenvalue weighted by molar-refractivity contribution is 5.75. The third-order valence-corrected chi connectivity index (χ3v) is 2.12. The highest BCUT2D eigenvalue weighted by Gasteiger charge is 2.16. The van der Waals surface area contributed by atoms with Gasteiger partial charge >= 0.3 is 5.97 Å². The molecule has 0 spiro atoms. The van der Waals surface area contributed by atoms with E-state index >= 15 is 0 Å². The molecule has 2 N–H and O–H groups in total. The minimum Gasteiger partial charge on any atom is -0.468 e. The number of nitriles is 1. The van der Waals surface area contributed by atoms with Crippen LogP contribution in [0.25, 0.3) is 0 Å². The van der Waals surface area contributed by atoms with Gasteiger partial charge in [-0.2, -0.15) is 5.26 Å². The van der Waals surface area contributed by atoms with E-state index in [9.17, 15) is 9.18 Å². The van der Waals surface area contributed by atoms with Gasteiger partial charge in [0.2, 0.25) is 0 Å². The van der Waals surface area contributed by atoms with Crippen molar-refractivity contribution in [3.8, 4) is 6.07 Å². The molecule has 0 heterocycles. The zero-order valence-electron chi connectivity index (χ0n) is 8.74. The Labute approximate surface area is 92.4 Å². The second kappa shape index (κ2) is 5.24. The number of ether oxygens (including phenoxy) is 1. The molecule has 0 aromatic heterocycles. The van der Waals surface area contributed by atoms with Crippen LogP contribution in [0.4, 0.5) is 4.39 Å². The van der Waals surface area contributed by atoms with Gasteiger partial charge in [0.05, 0.1) is 18.7 Å². The van der Waals surface area contributed by atoms with Gasteiger partial charge in [-0.3, -0.25) is 4.79 Å². The topological polar surface area (TPSA) is 76.1 Å². The maximum Gasteiger partial charge on any atom is 0.322 e. The maximum atomic E-state index is 13.3. The monoisotopic (exact) mass is 222 g/mol. The van der Waals surface area contributed by atoms with Crippen LogP contribution in [0.5, 0.6) is 0 Å². The Hall–Kier alpha value is -1.93. The number of carbonyl (C=O) groups is 1. The Balaban J connectivity index is 2.88. The predicted molar refractivity (Wildman–Crippen MR) is 54.8 cm³/mol. The molecule has 16 heavy (non-hydrogen) atoms. The molecule has 5 heteroatoms. The van der Waals surface area contributed by atoms with Crippen molar-refractivity contribution >= 4 is 5.97 Å². The molecule has 0 aliphatic carbocycles. The lowest BCUT2D eigenvalue weighted by atomic mass is 10.0. The van der Waals surface area contributed by atoms with Crippen LogP contribution in [0.2, 0.25) is 0 Å². The lowest BCUT2D eigenvalue weighted by Crippen LogP contribution is -2.33. The molecule has 1 rings (SSSR count). The summed E-state index contributed by atoms with van der Waals surface area (Å²) in [6, 6.07) is 4.88. The predicted octanol–water partition coefficient (Wildman–Crippen LogP) is 0.740. The van der Waals surface area contributed by atoms with E-state index in [4.69, 9.17) is 11.0 Å². The number of esters is 1. The van der Waals surface area contributed by atoms with E-state index in [0.717, 1.165) is 0 Å². The molecule has 0 aliphatic heterocycles. The number of carbonyl (C=O) groups excluding carboxylic acids is 1. The molecule has 1 atom stereocenters. The number of benzene rings is 1. The minimum atomic E-state index is -0.923. The Bertz CT molecular complexity index is 440. The highest BCUT2D eigenvalue weighted by atomic mass is 19.1. The third kappa shape index (κ3) is 2.78. The summed E-state index contributed by atoms with van der Waals surface area (Å²) in [6.45, 7) is 0. The molecule has 1 aromatic carbocycles. The van der Waals surface area contributed by atoms with Crippen molar-refractivity contribution in [3.05, 3.63) is 35.1 Å². The normalized spacial score (nSPS) is 11.6. The molecular weight excluding hydrogens is 211 g/mol. The summed E-state index contributed by atoms with van der Waals surface area (Å²) in [6.07, 6.45) is 0.00796. The molecule has 0 unspecified atom stereocenters. The molecule has 4 nitrogen and oxygen atoms in total. The number of methoxy groups -OCH3 is 1. The summed E-state index contributed by atoms with van der Waals surface area (Å²) in [7, 11) is 1.21. The Kier molecular flexibility index (Phi) is 3.97. The molecule has 84 valence electrons. The van der Waals surface area contributed by atoms with Crippen LogP contribution in [0.3, 0.4) is 0 Å². The summed E-state index contributed by atoms with van der Waals surface area (Å²) in [5.41, 5.74) is 6.06. The molecule has 0 aliphatic rings. The van der Waals surface area contributed by atoms with Crippen molar-refractivity contribution in [1.82, 2.24) is 0 Å². The van der Waals surface area contributed by atoms with Gasteiger partial charge in [0.1, 0.15) is 11.9 Å². The van der Waals surface area contributed by atoms with Gasteiger partial charge in [0.25, 0.3) is 0 Å². The second-order valence-electron chi connectivity index (χ2n) is 3.25. The number of hydrogen-bond acceptors (Lipinski definition) is 4. The van der Waals surface area contributed by atoms with E-state index in [1.54, 1.807) is 0 Å². The smallest absolute Gasteiger partial charge is 0.322 e. The third-order valence-electron chi connectivity index (χ3n) is 2.12. The van der Waals surface area contributed by atoms with Gasteiger partial charge in [-0.25, -0.2) is 4.39 Å². The number of hydrogen-bond donors (Lipinski definition) is 1. The average Bonchev–Trinajstić information content (AvgIpc) is 2.30. The molecule has 0 saturated heterocycles. The van der Waals surface area contributed by atoms with Crippen molar-refractivity contribution < 1.29 is 13.9 Å². The standard InChI is InChI=1S/C11H11FN2O2/c1-16-11(15)10(14)5-8-4-7(6-13)2-3-9(8)12/h2-4,10H,5,14H2,1H3/t10-/m1/s1. The quantitative estimate of drug-likeness (QED) is 0.765. The fraction of sp³-hybridized carbons (Fsp3) is 0.273. The van der Waals surface area contributed by atoms with E-state index in [2.05, 4.69) is 4.74 Å². The van der Waals surface area contributed by atoms with Crippen LogP contribution in [0.15, 0.2) is 18.2 Å². The van der Waals surface area contributed by atoms with Crippen LogP contribution < -0.4 is 5.73 Å². The van der Waals surface area contributed by atoms with Crippen molar-refractivity contribution in [2.75, 3.05) is 7.11 Å². The van der Waals surface area contributed by atoms with Gasteiger partial charge < -0.3 is 10.5 Å². The maximum absolute atomic E-state index is 13.3. The summed E-state index contributed by atoms with van der Waals surface area (Å²) in [4.78, 5) is 11.0. The van der Waals surface area contributed by atoms with Crippen LogP contribution in [0, 0.1) is 17.1 Å². The van der Waals surface area contributed by atoms with Gasteiger partial charge in [0, 0.05) is 6.42 Å². The number of rotatable bonds is 3. The molecule has 0 bridgehead atoms. The van der Waals surface area contributed by atoms with Crippen molar-refractivity contribution in [2.24, 2.45) is 5.73 Å². The molecule has 0 saturated carbocycles. The van der Waals surface area contributed by atoms with Gasteiger partial charge in [-0.1, -0.05) is 0 Å². The fourth-order valence-electron chi connectivity index (χ4n) is 1.27. The molecule has 0 fully saturated rings. The van der Waals surface area contributed by atoms with Crippen molar-refractivity contribution in [2.45, 2.75) is 12.5 Å². The number of nitrogens with two attached hydrogens (primary N) is 1. The van der Waals surface area contributed by atoms with E-state index in [1.165, 1.54) is 25.3 Å². The zero-order chi connectivity index (χ0) is 12.1. The van der Waals surface area contributed by atoms with Crippen LogP contribution in [-0.2, 0) is 16.0 Å². The Morgan fingerprint density at radius 3 is 2.94 bits per heavy atom. The summed E-state index contributed by atoms with van der Waals surface area (Å²) in [5, 5.41) is 8.65. The molecule has 1 aromatic rings. The largest absolute Gasteiger partial charge is 0.468 e. The Morgan fingerprint density at radius 2 is 2.38 bits per heavy atom. The first-order valence-electron chi connectivity index (χ1n) is 4.60. The van der Waals surface area contributed by atoms with Gasteiger partial charge in [-0.05, 0) is 23.8 Å². The van der Waals surface area contributed by atoms with Crippen LogP contribution in [-0.4, -0.2) is 19.1 Å². The van der Waals surface area contributed by atoms with E-state index < -0.39 is 17.8 Å². The van der Waals surface area contributed by atoms with E-state index in [-0.39, 0.29) is 12.0 Å².